The van der Waals surface area contributed by atoms with Crippen LogP contribution in [0.25, 0.3) is 0 Å². The van der Waals surface area contributed by atoms with Gasteiger partial charge in [0.05, 0.1) is 44.6 Å². The van der Waals surface area contributed by atoms with Gasteiger partial charge in [0, 0.05) is 12.1 Å². The van der Waals surface area contributed by atoms with Gasteiger partial charge < -0.3 is 20.4 Å². The lowest BCUT2D eigenvalue weighted by Gasteiger charge is -2.21. The molecule has 2 rings (SSSR count). The van der Waals surface area contributed by atoms with E-state index >= 15 is 0 Å². The van der Waals surface area contributed by atoms with Crippen molar-refractivity contribution in [3.8, 4) is 0 Å². The zero-order chi connectivity index (χ0) is 28.6. The van der Waals surface area contributed by atoms with Crippen molar-refractivity contribution in [3.63, 3.8) is 0 Å². The van der Waals surface area contributed by atoms with Crippen LogP contribution in [-0.4, -0.2) is 77.0 Å². The molecule has 0 heterocycles. The number of benzene rings is 2. The summed E-state index contributed by atoms with van der Waals surface area (Å²) in [6.07, 6.45) is -5.36. The van der Waals surface area contributed by atoms with Crippen LogP contribution in [0.15, 0.2) is 46.6 Å². The van der Waals surface area contributed by atoms with Crippen molar-refractivity contribution in [2.24, 2.45) is 10.2 Å². The molecule has 3 atom stereocenters. The molecule has 202 valence electrons. The molecular weight excluding hydrogens is 520 g/mol. The van der Waals surface area contributed by atoms with Crippen molar-refractivity contribution in [1.82, 2.24) is 0 Å². The highest BCUT2D eigenvalue weighted by Crippen LogP contribution is 2.30. The Morgan fingerprint density at radius 2 is 1.29 bits per heavy atom. The molecule has 0 radical (unpaired) electrons. The van der Waals surface area contributed by atoms with E-state index in [0.29, 0.717) is 18.3 Å². The van der Waals surface area contributed by atoms with Gasteiger partial charge >= 0.3 is 11.4 Å². The lowest BCUT2D eigenvalue weighted by Crippen LogP contribution is -2.44. The highest BCUT2D eigenvalue weighted by Gasteiger charge is 2.28. The van der Waals surface area contributed by atoms with E-state index in [1.54, 1.807) is 0 Å². The Bertz CT molecular complexity index is 1300. The van der Waals surface area contributed by atoms with Crippen molar-refractivity contribution in [2.45, 2.75) is 18.3 Å². The normalized spacial score (nSPS) is 13.9. The lowest BCUT2D eigenvalue weighted by atomic mass is 10.0. The number of non-ortho nitro benzene ring substituents is 2. The second-order valence-corrected chi connectivity index (χ2v) is 7.14. The summed E-state index contributed by atoms with van der Waals surface area (Å²) in [6, 6.07) is 5.02. The highest BCUT2D eigenvalue weighted by molar-refractivity contribution is 6.33. The van der Waals surface area contributed by atoms with E-state index in [1.165, 1.54) is 0 Å². The fourth-order valence-electron chi connectivity index (χ4n) is 2.72. The number of hydrogen-bond acceptors (Lipinski definition) is 16. The maximum absolute atomic E-state index is 11.3. The quantitative estimate of drug-likeness (QED) is 0.113. The molecule has 20 nitrogen and oxygen atoms in total. The first-order valence-corrected chi connectivity index (χ1v) is 10.0. The summed E-state index contributed by atoms with van der Waals surface area (Å²) in [4.78, 5) is 40.7. The molecule has 0 aliphatic carbocycles. The van der Waals surface area contributed by atoms with Crippen LogP contribution in [0, 0.1) is 40.5 Å². The van der Waals surface area contributed by atoms with Crippen molar-refractivity contribution >= 4 is 46.1 Å². The molecule has 0 bridgehead atoms. The molecule has 0 amide bonds. The minimum atomic E-state index is -2.10. The van der Waals surface area contributed by atoms with E-state index in [1.807, 2.05) is 0 Å². The molecule has 0 aromatic heterocycles. The third-order valence-electron chi connectivity index (χ3n) is 4.67. The summed E-state index contributed by atoms with van der Waals surface area (Å²) >= 11 is 0. The molecule has 2 aromatic rings. The number of nitrogens with zero attached hydrogens (tertiary/aromatic N) is 6. The number of hydrogen-bond donors (Lipinski definition) is 6. The van der Waals surface area contributed by atoms with E-state index in [2.05, 4.69) is 21.1 Å². The zero-order valence-corrected chi connectivity index (χ0v) is 18.7. The highest BCUT2D eigenvalue weighted by atomic mass is 16.6. The summed E-state index contributed by atoms with van der Waals surface area (Å²) < 4.78 is 0. The van der Waals surface area contributed by atoms with Gasteiger partial charge in [-0.3, -0.25) is 51.3 Å². The van der Waals surface area contributed by atoms with Gasteiger partial charge in [0.15, 0.2) is 0 Å². The van der Waals surface area contributed by atoms with Gasteiger partial charge in [-0.2, -0.15) is 10.2 Å². The van der Waals surface area contributed by atoms with E-state index in [4.69, 9.17) is 5.11 Å². The van der Waals surface area contributed by atoms with Crippen LogP contribution in [0.2, 0.25) is 0 Å². The van der Waals surface area contributed by atoms with Crippen molar-refractivity contribution in [2.75, 3.05) is 17.5 Å². The van der Waals surface area contributed by atoms with Crippen LogP contribution < -0.4 is 10.9 Å². The number of nitro groups is 4. The van der Waals surface area contributed by atoms with Gasteiger partial charge in [0.25, 0.3) is 11.4 Å². The SMILES string of the molecule is O=[N+]([O-])c1ccc(NN=C(/C=N/Nc2ccc([N+](=O)[O-])cc2[N+](=O)[O-])C(O)C(O)C(O)CO)c([N+](=O)[O-])c1. The largest absolute Gasteiger partial charge is 0.394 e. The molecule has 0 saturated carbocycles. The standard InChI is InChI=1S/C18H18N8O12/c27-8-16(28)18(30)17(29)13(22-21-12-4-2-10(24(33)34)6-15(12)26(37)38)7-19-20-11-3-1-9(23(31)32)5-14(11)25(35)36/h1-7,16-18,20-21,27-30H,8H2/b19-7+,22-13?. The number of aliphatic hydroxyl groups excluding tert-OH is 4. The topological polar surface area (TPSA) is 302 Å². The second-order valence-electron chi connectivity index (χ2n) is 7.14. The van der Waals surface area contributed by atoms with Crippen LogP contribution >= 0.6 is 0 Å². The predicted octanol–water partition coefficient (Wildman–Crippen LogP) is 0.260. The van der Waals surface area contributed by atoms with E-state index < -0.39 is 78.8 Å². The van der Waals surface area contributed by atoms with Crippen LogP contribution in [0.5, 0.6) is 0 Å². The van der Waals surface area contributed by atoms with Gasteiger partial charge in [0.2, 0.25) is 0 Å². The Morgan fingerprint density at radius 1 is 0.816 bits per heavy atom. The smallest absolute Gasteiger partial charge is 0.301 e. The summed E-state index contributed by atoms with van der Waals surface area (Å²) in [5, 5.41) is 90.6. The van der Waals surface area contributed by atoms with E-state index in [-0.39, 0.29) is 5.69 Å². The van der Waals surface area contributed by atoms with Gasteiger partial charge in [-0.15, -0.1) is 0 Å². The summed E-state index contributed by atoms with van der Waals surface area (Å²) in [7, 11) is 0. The maximum atomic E-state index is 11.3. The number of rotatable bonds is 13. The number of aliphatic hydroxyl groups is 4. The first kappa shape index (κ1) is 29.1. The Morgan fingerprint density at radius 3 is 1.71 bits per heavy atom. The average Bonchev–Trinajstić information content (AvgIpc) is 2.88. The Labute approximate surface area is 209 Å². The molecule has 0 spiro atoms. The first-order valence-electron chi connectivity index (χ1n) is 10.0. The minimum absolute atomic E-state index is 0.333. The van der Waals surface area contributed by atoms with Crippen molar-refractivity contribution in [1.29, 1.82) is 0 Å². The minimum Gasteiger partial charge on any atom is -0.394 e. The maximum Gasteiger partial charge on any atom is 0.301 e. The lowest BCUT2D eigenvalue weighted by molar-refractivity contribution is -0.393. The first-order chi connectivity index (χ1) is 17.9. The van der Waals surface area contributed by atoms with Gasteiger partial charge in [0.1, 0.15) is 35.4 Å². The van der Waals surface area contributed by atoms with Crippen molar-refractivity contribution < 1.29 is 40.1 Å². The Hall–Kier alpha value is -5.18. The fourth-order valence-corrected chi connectivity index (χ4v) is 2.72. The van der Waals surface area contributed by atoms with Crippen molar-refractivity contribution in [3.05, 3.63) is 76.9 Å². The average molecular weight is 538 g/mol. The number of nitro benzene ring substituents is 4. The van der Waals surface area contributed by atoms with Crippen LogP contribution in [-0.2, 0) is 0 Å². The summed E-state index contributed by atoms with van der Waals surface area (Å²) in [5.74, 6) is 0. The Balaban J connectivity index is 2.44. The van der Waals surface area contributed by atoms with Crippen LogP contribution in [0.1, 0.15) is 0 Å². The predicted molar refractivity (Wildman–Crippen MR) is 128 cm³/mol. The van der Waals surface area contributed by atoms with E-state index in [0.717, 1.165) is 24.3 Å². The fraction of sp³-hybridized carbons (Fsp3) is 0.222. The van der Waals surface area contributed by atoms with Gasteiger partial charge in [-0.05, 0) is 12.1 Å². The molecule has 3 unspecified atom stereocenters. The molecule has 2 aromatic carbocycles. The summed E-state index contributed by atoms with van der Waals surface area (Å²) in [5.41, 5.74) is 0.248. The molecular formula is C18H18N8O12. The monoisotopic (exact) mass is 538 g/mol. The molecule has 20 heteroatoms. The van der Waals surface area contributed by atoms with Crippen LogP contribution in [0.3, 0.4) is 0 Å². The summed E-state index contributed by atoms with van der Waals surface area (Å²) in [6.45, 7) is -0.989. The zero-order valence-electron chi connectivity index (χ0n) is 18.7. The van der Waals surface area contributed by atoms with E-state index in [9.17, 15) is 55.8 Å². The van der Waals surface area contributed by atoms with Gasteiger partial charge in [-0.1, -0.05) is 0 Å². The molecule has 0 saturated heterocycles. The molecule has 0 fully saturated rings. The number of anilines is 2. The van der Waals surface area contributed by atoms with Gasteiger partial charge in [-0.25, -0.2) is 0 Å². The molecule has 0 aliphatic heterocycles. The number of nitrogens with one attached hydrogen (secondary N) is 2. The third kappa shape index (κ3) is 7.17. The Kier molecular flexibility index (Phi) is 9.70. The number of hydrazone groups is 2. The molecule has 38 heavy (non-hydrogen) atoms. The second kappa shape index (κ2) is 12.7. The molecule has 6 N–H and O–H groups in total. The molecule has 0 aliphatic rings. The third-order valence-corrected chi connectivity index (χ3v) is 4.67. The van der Waals surface area contributed by atoms with Crippen LogP contribution in [0.4, 0.5) is 34.1 Å².